The standard InChI is InChI=1S/C30H33FN4O3/c1-20-11-13-24(26(31)18-20)15-16-32-34-28(21(2)23-9-5-4-6-10-23)30-33-29(35-38-30)25-14-12-22(8-7-17-36)19-27(25)37-3/h4-6,9-14,19-20,36H,7-8,15-18H2,1-3H3/b28-21+,34-32?. The van der Waals surface area contributed by atoms with Crippen molar-refractivity contribution in [2.75, 3.05) is 20.3 Å². The van der Waals surface area contributed by atoms with Crippen molar-refractivity contribution < 1.29 is 18.8 Å². The van der Waals surface area contributed by atoms with Crippen LogP contribution in [0, 0.1) is 5.92 Å². The van der Waals surface area contributed by atoms with Gasteiger partial charge in [0.2, 0.25) is 5.82 Å². The fraction of sp³-hybridized carbons (Fsp3) is 0.333. The second-order valence-electron chi connectivity index (χ2n) is 9.31. The van der Waals surface area contributed by atoms with E-state index in [-0.39, 0.29) is 24.2 Å². The molecule has 3 aromatic rings. The minimum atomic E-state index is -0.0794. The van der Waals surface area contributed by atoms with Crippen molar-refractivity contribution in [3.63, 3.8) is 0 Å². The third kappa shape index (κ3) is 6.69. The van der Waals surface area contributed by atoms with Crippen molar-refractivity contribution in [2.45, 2.75) is 39.5 Å². The summed E-state index contributed by atoms with van der Waals surface area (Å²) in [5.41, 5.74) is 4.63. The van der Waals surface area contributed by atoms with E-state index in [0.717, 1.165) is 23.1 Å². The van der Waals surface area contributed by atoms with E-state index in [1.54, 1.807) is 7.11 Å². The first-order valence-electron chi connectivity index (χ1n) is 12.8. The molecule has 7 nitrogen and oxygen atoms in total. The molecule has 0 spiro atoms. The van der Waals surface area contributed by atoms with Gasteiger partial charge in [0, 0.05) is 13.0 Å². The summed E-state index contributed by atoms with van der Waals surface area (Å²) >= 11 is 0. The highest BCUT2D eigenvalue weighted by atomic mass is 19.1. The quantitative estimate of drug-likeness (QED) is 0.272. The van der Waals surface area contributed by atoms with Crippen LogP contribution >= 0.6 is 0 Å². The molecule has 4 rings (SSSR count). The van der Waals surface area contributed by atoms with Crippen molar-refractivity contribution >= 4 is 11.3 Å². The SMILES string of the molecule is COc1cc(CCCO)ccc1-c1noc(/C(N=NCCC2=C(F)CC(C)C=C2)=C(/C)c2ccccc2)n1. The van der Waals surface area contributed by atoms with E-state index >= 15 is 0 Å². The number of aliphatic hydroxyl groups excluding tert-OH is 1. The number of halogens is 1. The fourth-order valence-electron chi connectivity index (χ4n) is 4.25. The minimum Gasteiger partial charge on any atom is -0.496 e. The molecule has 0 amide bonds. The molecular formula is C30H33FN4O3. The lowest BCUT2D eigenvalue weighted by Gasteiger charge is -2.13. The summed E-state index contributed by atoms with van der Waals surface area (Å²) in [6.07, 6.45) is 6.17. The molecule has 0 saturated carbocycles. The number of aryl methyl sites for hydroxylation is 1. The normalized spacial score (nSPS) is 16.3. The number of hydrogen-bond donors (Lipinski definition) is 1. The Morgan fingerprint density at radius 3 is 2.74 bits per heavy atom. The molecule has 2 aromatic carbocycles. The largest absolute Gasteiger partial charge is 0.496 e. The van der Waals surface area contributed by atoms with Gasteiger partial charge in [-0.1, -0.05) is 60.6 Å². The Morgan fingerprint density at radius 2 is 2.00 bits per heavy atom. The van der Waals surface area contributed by atoms with Gasteiger partial charge in [0.05, 0.1) is 19.2 Å². The van der Waals surface area contributed by atoms with Crippen LogP contribution in [0.15, 0.2) is 86.8 Å². The first-order valence-corrected chi connectivity index (χ1v) is 12.8. The van der Waals surface area contributed by atoms with E-state index in [1.807, 2.05) is 74.5 Å². The molecule has 198 valence electrons. The van der Waals surface area contributed by atoms with Gasteiger partial charge in [-0.25, -0.2) is 4.39 Å². The first-order chi connectivity index (χ1) is 18.5. The molecule has 0 saturated heterocycles. The molecule has 1 N–H and O–H groups in total. The number of hydrogen-bond acceptors (Lipinski definition) is 7. The molecule has 1 unspecified atom stereocenters. The van der Waals surface area contributed by atoms with Crippen molar-refractivity contribution in [1.82, 2.24) is 10.1 Å². The smallest absolute Gasteiger partial charge is 0.279 e. The highest BCUT2D eigenvalue weighted by molar-refractivity contribution is 5.86. The summed E-state index contributed by atoms with van der Waals surface area (Å²) < 4.78 is 25.5. The number of benzene rings is 2. The molecule has 1 aliphatic rings. The molecule has 0 aliphatic heterocycles. The predicted octanol–water partition coefficient (Wildman–Crippen LogP) is 7.22. The van der Waals surface area contributed by atoms with Crippen LogP contribution < -0.4 is 4.74 Å². The van der Waals surface area contributed by atoms with E-state index in [4.69, 9.17) is 14.4 Å². The van der Waals surface area contributed by atoms with Crippen LogP contribution in [-0.4, -0.2) is 35.5 Å². The van der Waals surface area contributed by atoms with E-state index in [1.165, 1.54) is 0 Å². The molecule has 0 fully saturated rings. The van der Waals surface area contributed by atoms with Gasteiger partial charge in [0.25, 0.3) is 5.89 Å². The molecule has 1 heterocycles. The van der Waals surface area contributed by atoms with Gasteiger partial charge < -0.3 is 14.4 Å². The van der Waals surface area contributed by atoms with Gasteiger partial charge in [0.15, 0.2) is 5.70 Å². The number of rotatable bonds is 11. The number of azo groups is 1. The van der Waals surface area contributed by atoms with Crippen molar-refractivity contribution in [3.8, 4) is 17.1 Å². The van der Waals surface area contributed by atoms with Crippen LogP contribution in [0.5, 0.6) is 5.75 Å². The summed E-state index contributed by atoms with van der Waals surface area (Å²) in [4.78, 5) is 4.63. The van der Waals surface area contributed by atoms with Gasteiger partial charge >= 0.3 is 0 Å². The summed E-state index contributed by atoms with van der Waals surface area (Å²) in [6.45, 7) is 4.38. The van der Waals surface area contributed by atoms with Gasteiger partial charge in [-0.3, -0.25) is 0 Å². The Hall–Kier alpha value is -3.91. The van der Waals surface area contributed by atoms with E-state index in [9.17, 15) is 4.39 Å². The van der Waals surface area contributed by atoms with Gasteiger partial charge in [-0.05, 0) is 66.5 Å². The molecule has 0 radical (unpaired) electrons. The van der Waals surface area contributed by atoms with Crippen LogP contribution in [0.25, 0.3) is 22.7 Å². The molecular weight excluding hydrogens is 483 g/mol. The lowest BCUT2D eigenvalue weighted by Crippen LogP contribution is -2.00. The number of methoxy groups -OCH3 is 1. The molecule has 8 heteroatoms. The molecule has 38 heavy (non-hydrogen) atoms. The number of aliphatic hydroxyl groups is 1. The fourth-order valence-corrected chi connectivity index (χ4v) is 4.25. The zero-order valence-corrected chi connectivity index (χ0v) is 22.0. The van der Waals surface area contributed by atoms with E-state index in [0.29, 0.717) is 54.2 Å². The zero-order valence-electron chi connectivity index (χ0n) is 22.0. The second-order valence-corrected chi connectivity index (χ2v) is 9.31. The van der Waals surface area contributed by atoms with Gasteiger partial charge in [0.1, 0.15) is 11.6 Å². The van der Waals surface area contributed by atoms with Crippen LogP contribution in [0.1, 0.15) is 50.1 Å². The Labute approximate surface area is 222 Å². The number of nitrogens with zero attached hydrogens (tertiary/aromatic N) is 4. The van der Waals surface area contributed by atoms with Crippen molar-refractivity contribution in [2.24, 2.45) is 16.1 Å². The number of ether oxygens (including phenoxy) is 1. The molecule has 0 bridgehead atoms. The highest BCUT2D eigenvalue weighted by Crippen LogP contribution is 2.33. The number of aromatic nitrogens is 2. The molecule has 1 atom stereocenters. The van der Waals surface area contributed by atoms with Crippen LogP contribution in [0.3, 0.4) is 0 Å². The topological polar surface area (TPSA) is 93.1 Å². The maximum absolute atomic E-state index is 14.3. The second kappa shape index (κ2) is 13.1. The lowest BCUT2D eigenvalue weighted by atomic mass is 9.96. The zero-order chi connectivity index (χ0) is 26.9. The van der Waals surface area contributed by atoms with Crippen LogP contribution in [0.2, 0.25) is 0 Å². The van der Waals surface area contributed by atoms with Gasteiger partial charge in [-0.15, -0.1) is 5.11 Å². The van der Waals surface area contributed by atoms with Crippen LogP contribution in [0.4, 0.5) is 4.39 Å². The minimum absolute atomic E-state index is 0.0794. The van der Waals surface area contributed by atoms with Gasteiger partial charge in [-0.2, -0.15) is 10.1 Å². The van der Waals surface area contributed by atoms with E-state index in [2.05, 4.69) is 20.4 Å². The van der Waals surface area contributed by atoms with Crippen LogP contribution in [-0.2, 0) is 6.42 Å². The molecule has 1 aliphatic carbocycles. The summed E-state index contributed by atoms with van der Waals surface area (Å²) in [6, 6.07) is 15.6. The third-order valence-electron chi connectivity index (χ3n) is 6.45. The highest BCUT2D eigenvalue weighted by Gasteiger charge is 2.19. The number of allylic oxidation sites excluding steroid dienone is 4. The maximum Gasteiger partial charge on any atom is 0.279 e. The Morgan fingerprint density at radius 1 is 1.18 bits per heavy atom. The summed E-state index contributed by atoms with van der Waals surface area (Å²) in [7, 11) is 1.59. The Balaban J connectivity index is 1.62. The van der Waals surface area contributed by atoms with Crippen molar-refractivity contribution in [1.29, 1.82) is 0 Å². The van der Waals surface area contributed by atoms with Crippen molar-refractivity contribution in [3.05, 3.63) is 89.1 Å². The summed E-state index contributed by atoms with van der Waals surface area (Å²) in [5.74, 6) is 1.35. The maximum atomic E-state index is 14.3. The monoisotopic (exact) mass is 516 g/mol. The third-order valence-corrected chi connectivity index (χ3v) is 6.45. The average Bonchev–Trinajstić information content (AvgIpc) is 3.42. The predicted molar refractivity (Wildman–Crippen MR) is 146 cm³/mol. The first kappa shape index (κ1) is 27.1. The Kier molecular flexibility index (Phi) is 9.32. The average molecular weight is 517 g/mol. The molecule has 1 aromatic heterocycles. The summed E-state index contributed by atoms with van der Waals surface area (Å²) in [5, 5.41) is 22.2. The Bertz CT molecular complexity index is 1360. The van der Waals surface area contributed by atoms with E-state index < -0.39 is 0 Å². The lowest BCUT2D eigenvalue weighted by molar-refractivity contribution is 0.288.